The molecule has 0 unspecified atom stereocenters. The Balaban J connectivity index is 0.000000177. The maximum atomic E-state index is 5.92. The maximum absolute atomic E-state index is 5.92. The molecule has 0 spiro atoms. The van der Waals surface area contributed by atoms with Crippen molar-refractivity contribution >= 4 is 46.3 Å². The van der Waals surface area contributed by atoms with Gasteiger partial charge >= 0.3 is 0 Å². The Labute approximate surface area is 346 Å². The normalized spacial score (nSPS) is 10.5. The van der Waals surface area contributed by atoms with Gasteiger partial charge < -0.3 is 41.9 Å². The summed E-state index contributed by atoms with van der Waals surface area (Å²) in [6.45, 7) is 0. The molecule has 0 saturated heterocycles. The van der Waals surface area contributed by atoms with Crippen LogP contribution in [0.5, 0.6) is 46.0 Å². The lowest BCUT2D eigenvalue weighted by Gasteiger charge is -2.10. The summed E-state index contributed by atoms with van der Waals surface area (Å²) < 4.78 is 23.3. The molecule has 0 radical (unpaired) electrons. The summed E-state index contributed by atoms with van der Waals surface area (Å²) in [4.78, 5) is 4.46. The van der Waals surface area contributed by atoms with E-state index >= 15 is 0 Å². The van der Waals surface area contributed by atoms with Crippen LogP contribution in [0.15, 0.2) is 214 Å². The van der Waals surface area contributed by atoms with Crippen molar-refractivity contribution in [2.45, 2.75) is 19.6 Å². The summed E-state index contributed by atoms with van der Waals surface area (Å²) >= 11 is 3.33. The Kier molecular flexibility index (Phi) is 12.9. The predicted octanol–water partition coefficient (Wildman–Crippen LogP) is 13.2. The van der Waals surface area contributed by atoms with Crippen molar-refractivity contribution in [3.8, 4) is 46.0 Å². The molecule has 0 atom stereocenters. The van der Waals surface area contributed by atoms with Gasteiger partial charge in [-0.05, 0) is 146 Å². The third-order valence-corrected chi connectivity index (χ3v) is 10.3. The highest BCUT2D eigenvalue weighted by Gasteiger charge is 2.06. The molecule has 58 heavy (non-hydrogen) atoms. The average molecular weight is 801 g/mol. The fourth-order valence-electron chi connectivity index (χ4n) is 5.40. The van der Waals surface area contributed by atoms with Crippen LogP contribution in [0.1, 0.15) is 0 Å². The van der Waals surface area contributed by atoms with Crippen LogP contribution in [-0.4, -0.2) is 0 Å². The molecule has 0 saturated carbocycles. The van der Waals surface area contributed by atoms with Gasteiger partial charge in [-0.3, -0.25) is 0 Å². The number of anilines is 4. The summed E-state index contributed by atoms with van der Waals surface area (Å²) in [5.41, 5.74) is 26.0. The smallest absolute Gasteiger partial charge is 0.150 e. The van der Waals surface area contributed by atoms with Crippen LogP contribution in [0.2, 0.25) is 0 Å². The molecule has 10 heteroatoms. The van der Waals surface area contributed by atoms with Gasteiger partial charge in [-0.2, -0.15) is 0 Å². The highest BCUT2D eigenvalue weighted by Crippen LogP contribution is 2.35. The van der Waals surface area contributed by atoms with Crippen molar-refractivity contribution in [1.82, 2.24) is 0 Å². The van der Waals surface area contributed by atoms with Crippen LogP contribution in [0.25, 0.3) is 0 Å². The van der Waals surface area contributed by atoms with Gasteiger partial charge in [0.15, 0.2) is 0 Å². The second-order valence-electron chi connectivity index (χ2n) is 12.7. The van der Waals surface area contributed by atoms with E-state index in [1.54, 1.807) is 35.7 Å². The number of benzene rings is 8. The van der Waals surface area contributed by atoms with E-state index in [2.05, 4.69) is 0 Å². The topological polar surface area (TPSA) is 141 Å². The van der Waals surface area contributed by atoms with E-state index in [0.29, 0.717) is 34.2 Å². The number of para-hydroxylation sites is 4. The fourth-order valence-corrected chi connectivity index (χ4v) is 7.04. The van der Waals surface area contributed by atoms with Crippen LogP contribution in [0.4, 0.5) is 22.7 Å². The molecular formula is C48H40N4O4S2. The predicted molar refractivity (Wildman–Crippen MR) is 238 cm³/mol. The highest BCUT2D eigenvalue weighted by atomic mass is 32.2. The second-order valence-corrected chi connectivity index (χ2v) is 15.0. The van der Waals surface area contributed by atoms with Crippen LogP contribution in [0, 0.1) is 0 Å². The summed E-state index contributed by atoms with van der Waals surface area (Å²) in [6, 6.07) is 61.4. The Morgan fingerprint density at radius 3 is 0.897 bits per heavy atom. The molecule has 0 amide bonds. The van der Waals surface area contributed by atoms with Gasteiger partial charge in [-0.25, -0.2) is 0 Å². The number of hydrogen-bond donors (Lipinski definition) is 4. The van der Waals surface area contributed by atoms with Crippen molar-refractivity contribution in [2.24, 2.45) is 0 Å². The number of ether oxygens (including phenoxy) is 4. The average Bonchev–Trinajstić information content (AvgIpc) is 3.23. The highest BCUT2D eigenvalue weighted by molar-refractivity contribution is 7.99. The van der Waals surface area contributed by atoms with E-state index in [0.717, 1.165) is 54.1 Å². The molecule has 8 aromatic carbocycles. The van der Waals surface area contributed by atoms with Gasteiger partial charge in [0.1, 0.15) is 46.0 Å². The zero-order valence-corrected chi connectivity index (χ0v) is 32.9. The Hall–Kier alpha value is -7.14. The first-order chi connectivity index (χ1) is 28.3. The van der Waals surface area contributed by atoms with Gasteiger partial charge in [0.2, 0.25) is 0 Å². The molecule has 0 bridgehead atoms. The quantitative estimate of drug-likeness (QED) is 0.0882. The third-order valence-electron chi connectivity index (χ3n) is 8.25. The van der Waals surface area contributed by atoms with Crippen molar-refractivity contribution < 1.29 is 18.9 Å². The summed E-state index contributed by atoms with van der Waals surface area (Å²) in [5, 5.41) is 0. The molecule has 8 nitrogen and oxygen atoms in total. The maximum Gasteiger partial charge on any atom is 0.150 e. The van der Waals surface area contributed by atoms with Crippen molar-refractivity contribution in [3.63, 3.8) is 0 Å². The number of hydrogen-bond acceptors (Lipinski definition) is 10. The van der Waals surface area contributed by atoms with Crippen LogP contribution in [-0.2, 0) is 0 Å². The third kappa shape index (κ3) is 11.5. The zero-order valence-electron chi connectivity index (χ0n) is 31.2. The SMILES string of the molecule is Nc1cccc(Oc2ccc(Sc3ccc(Oc4cccc(N)c4)cc3)cc2)c1.Nc1ccccc1Oc1ccc(Sc2ccc(Oc3ccccc3N)cc2)cc1. The molecule has 0 aliphatic heterocycles. The largest absolute Gasteiger partial charge is 0.457 e. The van der Waals surface area contributed by atoms with E-state index in [-0.39, 0.29) is 0 Å². The molecule has 8 N–H and O–H groups in total. The lowest BCUT2D eigenvalue weighted by Crippen LogP contribution is -1.91. The Morgan fingerprint density at radius 1 is 0.276 bits per heavy atom. The minimum absolute atomic E-state index is 0.616. The number of nitrogens with two attached hydrogens (primary N) is 4. The summed E-state index contributed by atoms with van der Waals surface area (Å²) in [6.07, 6.45) is 0. The zero-order chi connectivity index (χ0) is 40.1. The molecule has 0 heterocycles. The molecule has 8 rings (SSSR count). The standard InChI is InChI=1S/2C24H20N2O2S/c25-17-3-1-5-21(15-17)27-19-7-11-23(12-8-19)29-24-13-9-20(10-14-24)28-22-6-2-4-18(26)16-22;25-21-5-1-3-7-23(21)27-17-9-13-19(14-10-17)29-20-15-11-18(12-16-20)28-24-8-4-2-6-22(24)26/h2*1-16H,25-26H2. The van der Waals surface area contributed by atoms with Crippen LogP contribution in [0.3, 0.4) is 0 Å². The van der Waals surface area contributed by atoms with E-state index in [1.807, 2.05) is 182 Å². The Morgan fingerprint density at radius 2 is 0.586 bits per heavy atom. The van der Waals surface area contributed by atoms with Crippen molar-refractivity contribution in [3.05, 3.63) is 194 Å². The molecule has 288 valence electrons. The lowest BCUT2D eigenvalue weighted by atomic mass is 10.3. The molecular weight excluding hydrogens is 761 g/mol. The number of rotatable bonds is 12. The van der Waals surface area contributed by atoms with E-state index in [1.165, 1.54) is 0 Å². The van der Waals surface area contributed by atoms with Gasteiger partial charge in [0, 0.05) is 43.1 Å². The molecule has 0 fully saturated rings. The Bertz CT molecular complexity index is 2370. The second kappa shape index (κ2) is 19.1. The molecule has 0 aliphatic carbocycles. The first-order valence-corrected chi connectivity index (χ1v) is 19.8. The fraction of sp³-hybridized carbons (Fsp3) is 0. The summed E-state index contributed by atoms with van der Waals surface area (Å²) in [7, 11) is 0. The van der Waals surface area contributed by atoms with Crippen molar-refractivity contribution in [1.29, 1.82) is 0 Å². The monoisotopic (exact) mass is 800 g/mol. The lowest BCUT2D eigenvalue weighted by molar-refractivity contribution is 0.482. The van der Waals surface area contributed by atoms with Crippen LogP contribution < -0.4 is 41.9 Å². The van der Waals surface area contributed by atoms with Gasteiger partial charge in [-0.1, -0.05) is 59.9 Å². The van der Waals surface area contributed by atoms with Gasteiger partial charge in [0.05, 0.1) is 11.4 Å². The minimum Gasteiger partial charge on any atom is -0.457 e. The van der Waals surface area contributed by atoms with Crippen molar-refractivity contribution in [2.75, 3.05) is 22.9 Å². The summed E-state index contributed by atoms with van der Waals surface area (Å²) in [5.74, 6) is 5.79. The minimum atomic E-state index is 0.616. The van der Waals surface area contributed by atoms with Crippen LogP contribution >= 0.6 is 23.5 Å². The molecule has 0 aromatic heterocycles. The molecule has 8 aromatic rings. The van der Waals surface area contributed by atoms with Gasteiger partial charge in [0.25, 0.3) is 0 Å². The van der Waals surface area contributed by atoms with E-state index in [9.17, 15) is 0 Å². The number of nitrogen functional groups attached to an aromatic ring is 4. The first kappa shape index (κ1) is 39.1. The first-order valence-electron chi connectivity index (χ1n) is 18.2. The van der Waals surface area contributed by atoms with Gasteiger partial charge in [-0.15, -0.1) is 0 Å². The van der Waals surface area contributed by atoms with E-state index in [4.69, 9.17) is 41.9 Å². The molecule has 0 aliphatic rings. The van der Waals surface area contributed by atoms with E-state index < -0.39 is 0 Å².